The van der Waals surface area contributed by atoms with Gasteiger partial charge >= 0.3 is 0 Å². The summed E-state index contributed by atoms with van der Waals surface area (Å²) in [5.74, 6) is 3.05. The van der Waals surface area contributed by atoms with Crippen LogP contribution in [0.25, 0.3) is 11.6 Å². The van der Waals surface area contributed by atoms with Crippen molar-refractivity contribution >= 4 is 11.6 Å². The highest BCUT2D eigenvalue weighted by molar-refractivity contribution is 6.33. The van der Waals surface area contributed by atoms with E-state index in [1.54, 1.807) is 32.7 Å². The van der Waals surface area contributed by atoms with Crippen molar-refractivity contribution in [1.82, 2.24) is 19.9 Å². The van der Waals surface area contributed by atoms with Crippen LogP contribution in [-0.4, -0.2) is 34.2 Å². The zero-order valence-electron chi connectivity index (χ0n) is 14.4. The zero-order chi connectivity index (χ0) is 18.1. The Kier molecular flexibility index (Phi) is 4.42. The summed E-state index contributed by atoms with van der Waals surface area (Å²) < 4.78 is 10.7. The topological polar surface area (TPSA) is 70.0 Å². The molecule has 0 amide bonds. The SMILES string of the molecule is COc1cc([C@H]2C[C@H]2c2cnc(-c3ncccn3)nc2)cc(OC)c1Cl. The van der Waals surface area contributed by atoms with E-state index in [1.807, 2.05) is 24.5 Å². The number of rotatable bonds is 5. The van der Waals surface area contributed by atoms with Crippen molar-refractivity contribution in [3.05, 3.63) is 59.1 Å². The highest BCUT2D eigenvalue weighted by atomic mass is 35.5. The molecule has 0 radical (unpaired) electrons. The maximum absolute atomic E-state index is 6.25. The molecule has 3 aromatic rings. The number of nitrogens with zero attached hydrogens (tertiary/aromatic N) is 4. The molecular formula is C19H17ClN4O2. The number of benzene rings is 1. The summed E-state index contributed by atoms with van der Waals surface area (Å²) in [4.78, 5) is 17.2. The third-order valence-corrected chi connectivity index (χ3v) is 4.92. The van der Waals surface area contributed by atoms with Gasteiger partial charge in [-0.2, -0.15) is 0 Å². The van der Waals surface area contributed by atoms with Gasteiger partial charge in [0.2, 0.25) is 0 Å². The van der Waals surface area contributed by atoms with Crippen LogP contribution in [0.1, 0.15) is 29.4 Å². The highest BCUT2D eigenvalue weighted by Crippen LogP contribution is 2.56. The number of methoxy groups -OCH3 is 2. The molecule has 1 fully saturated rings. The van der Waals surface area contributed by atoms with E-state index in [-0.39, 0.29) is 0 Å². The molecule has 1 saturated carbocycles. The van der Waals surface area contributed by atoms with Crippen LogP contribution in [-0.2, 0) is 0 Å². The average Bonchev–Trinajstić information content (AvgIpc) is 3.50. The van der Waals surface area contributed by atoms with Crippen LogP contribution in [0.2, 0.25) is 5.02 Å². The summed E-state index contributed by atoms with van der Waals surface area (Å²) in [7, 11) is 3.21. The van der Waals surface area contributed by atoms with Crippen LogP contribution in [0.5, 0.6) is 11.5 Å². The minimum Gasteiger partial charge on any atom is -0.495 e. The molecule has 1 aliphatic rings. The maximum atomic E-state index is 6.25. The van der Waals surface area contributed by atoms with E-state index in [2.05, 4.69) is 19.9 Å². The van der Waals surface area contributed by atoms with E-state index in [1.165, 1.54) is 0 Å². The van der Waals surface area contributed by atoms with Crippen molar-refractivity contribution in [2.24, 2.45) is 0 Å². The minimum atomic E-state index is 0.372. The lowest BCUT2D eigenvalue weighted by atomic mass is 10.1. The molecule has 4 rings (SSSR count). The van der Waals surface area contributed by atoms with Crippen molar-refractivity contribution in [2.75, 3.05) is 14.2 Å². The molecule has 0 aliphatic heterocycles. The molecule has 2 aromatic heterocycles. The second kappa shape index (κ2) is 6.88. The van der Waals surface area contributed by atoms with Crippen molar-refractivity contribution in [3.63, 3.8) is 0 Å². The Hall–Kier alpha value is -2.73. The standard InChI is InChI=1S/C19H17ClN4O2/c1-25-15-6-11(7-16(26-2)17(15)20)13-8-14(13)12-9-23-19(24-10-12)18-21-4-3-5-22-18/h3-7,9-10,13-14H,8H2,1-2H3/t13-,14+/m1/s1. The van der Waals surface area contributed by atoms with E-state index < -0.39 is 0 Å². The number of hydrogen-bond donors (Lipinski definition) is 0. The van der Waals surface area contributed by atoms with Crippen LogP contribution >= 0.6 is 11.6 Å². The lowest BCUT2D eigenvalue weighted by Gasteiger charge is -2.11. The Labute approximate surface area is 156 Å². The minimum absolute atomic E-state index is 0.372. The van der Waals surface area contributed by atoms with Crippen LogP contribution in [0.4, 0.5) is 0 Å². The summed E-state index contributed by atoms with van der Waals surface area (Å²) in [6.07, 6.45) is 8.09. The lowest BCUT2D eigenvalue weighted by Crippen LogP contribution is -1.96. The Morgan fingerprint density at radius 3 is 1.96 bits per heavy atom. The maximum Gasteiger partial charge on any atom is 0.197 e. The Bertz CT molecular complexity index is 894. The fourth-order valence-corrected chi connectivity index (χ4v) is 3.36. The van der Waals surface area contributed by atoms with Crippen molar-refractivity contribution < 1.29 is 9.47 Å². The van der Waals surface area contributed by atoms with E-state index >= 15 is 0 Å². The normalized spacial score (nSPS) is 18.4. The fourth-order valence-electron chi connectivity index (χ4n) is 3.10. The average molecular weight is 369 g/mol. The van der Waals surface area contributed by atoms with Gasteiger partial charge < -0.3 is 9.47 Å². The van der Waals surface area contributed by atoms with Gasteiger partial charge in [-0.25, -0.2) is 19.9 Å². The molecule has 0 bridgehead atoms. The summed E-state index contributed by atoms with van der Waals surface area (Å²) >= 11 is 6.25. The van der Waals surface area contributed by atoms with Gasteiger partial charge in [-0.1, -0.05) is 11.6 Å². The molecule has 0 saturated heterocycles. The lowest BCUT2D eigenvalue weighted by molar-refractivity contribution is 0.394. The molecule has 26 heavy (non-hydrogen) atoms. The third-order valence-electron chi connectivity index (χ3n) is 4.55. The van der Waals surface area contributed by atoms with Crippen LogP contribution in [0.3, 0.4) is 0 Å². The summed E-state index contributed by atoms with van der Waals surface area (Å²) in [6.45, 7) is 0. The van der Waals surface area contributed by atoms with E-state index in [0.717, 1.165) is 17.5 Å². The first-order chi connectivity index (χ1) is 12.7. The fraction of sp³-hybridized carbons (Fsp3) is 0.263. The van der Waals surface area contributed by atoms with E-state index in [0.29, 0.717) is 40.0 Å². The quantitative estimate of drug-likeness (QED) is 0.680. The van der Waals surface area contributed by atoms with Crippen molar-refractivity contribution in [1.29, 1.82) is 0 Å². The monoisotopic (exact) mass is 368 g/mol. The van der Waals surface area contributed by atoms with Gasteiger partial charge in [-0.05, 0) is 47.6 Å². The Morgan fingerprint density at radius 1 is 0.846 bits per heavy atom. The van der Waals surface area contributed by atoms with Crippen LogP contribution in [0, 0.1) is 0 Å². The molecule has 2 heterocycles. The Balaban J connectivity index is 1.55. The van der Waals surface area contributed by atoms with Gasteiger partial charge in [0.15, 0.2) is 11.6 Å². The van der Waals surface area contributed by atoms with Gasteiger partial charge in [-0.15, -0.1) is 0 Å². The molecule has 0 unspecified atom stereocenters. The predicted octanol–water partition coefficient (Wildman–Crippen LogP) is 3.88. The largest absolute Gasteiger partial charge is 0.495 e. The molecule has 6 nitrogen and oxygen atoms in total. The smallest absolute Gasteiger partial charge is 0.197 e. The van der Waals surface area contributed by atoms with Crippen molar-refractivity contribution in [2.45, 2.75) is 18.3 Å². The van der Waals surface area contributed by atoms with Gasteiger partial charge in [0.05, 0.1) is 14.2 Å². The Morgan fingerprint density at radius 2 is 1.38 bits per heavy atom. The third kappa shape index (κ3) is 3.08. The summed E-state index contributed by atoms with van der Waals surface area (Å²) in [5.41, 5.74) is 2.24. The highest BCUT2D eigenvalue weighted by Gasteiger charge is 2.40. The molecule has 0 spiro atoms. The first kappa shape index (κ1) is 16.7. The summed E-state index contributed by atoms with van der Waals surface area (Å²) in [5, 5.41) is 0.492. The molecular weight excluding hydrogens is 352 g/mol. The zero-order valence-corrected chi connectivity index (χ0v) is 15.1. The molecule has 7 heteroatoms. The van der Waals surface area contributed by atoms with Gasteiger partial charge in [0, 0.05) is 24.8 Å². The first-order valence-corrected chi connectivity index (χ1v) is 8.59. The molecule has 0 N–H and O–H groups in total. The van der Waals surface area contributed by atoms with Crippen LogP contribution < -0.4 is 9.47 Å². The summed E-state index contributed by atoms with van der Waals surface area (Å²) in [6, 6.07) is 5.71. The second-order valence-electron chi connectivity index (χ2n) is 6.10. The number of ether oxygens (including phenoxy) is 2. The molecule has 1 aliphatic carbocycles. The van der Waals surface area contributed by atoms with Crippen molar-refractivity contribution in [3.8, 4) is 23.1 Å². The number of hydrogen-bond acceptors (Lipinski definition) is 6. The molecule has 1 aromatic carbocycles. The van der Waals surface area contributed by atoms with Crippen LogP contribution in [0.15, 0.2) is 43.0 Å². The molecule has 132 valence electrons. The van der Waals surface area contributed by atoms with Gasteiger partial charge in [-0.3, -0.25) is 0 Å². The van der Waals surface area contributed by atoms with E-state index in [9.17, 15) is 0 Å². The number of aromatic nitrogens is 4. The predicted molar refractivity (Wildman–Crippen MR) is 97.7 cm³/mol. The number of halogens is 1. The first-order valence-electron chi connectivity index (χ1n) is 8.22. The van der Waals surface area contributed by atoms with Gasteiger partial charge in [0.25, 0.3) is 0 Å². The van der Waals surface area contributed by atoms with Gasteiger partial charge in [0.1, 0.15) is 16.5 Å². The molecule has 2 atom stereocenters. The second-order valence-corrected chi connectivity index (χ2v) is 6.48. The van der Waals surface area contributed by atoms with E-state index in [4.69, 9.17) is 21.1 Å².